The summed E-state index contributed by atoms with van der Waals surface area (Å²) in [4.78, 5) is 12.0. The van der Waals surface area contributed by atoms with Crippen LogP contribution in [0.25, 0.3) is 0 Å². The Balaban J connectivity index is 2.28. The fraction of sp³-hybridized carbons (Fsp3) is 0.500. The Morgan fingerprint density at radius 3 is 2.04 bits per heavy atom. The largest absolute Gasteiger partial charge is 0.416 e. The number of benzene rings is 1. The number of anilines is 1. The van der Waals surface area contributed by atoms with Crippen LogP contribution in [0.5, 0.6) is 0 Å². The summed E-state index contributed by atoms with van der Waals surface area (Å²) in [5.41, 5.74) is -3.42. The van der Waals surface area contributed by atoms with Gasteiger partial charge in [-0.1, -0.05) is 0 Å². The number of hydrogen-bond donors (Lipinski definition) is 2. The molecule has 1 heterocycles. The first-order chi connectivity index (χ1) is 10.6. The maximum atomic E-state index is 12.7. The Bertz CT molecular complexity index is 543. The summed E-state index contributed by atoms with van der Waals surface area (Å²) in [6.07, 6.45) is -8.63. The van der Waals surface area contributed by atoms with Gasteiger partial charge in [-0.05, 0) is 37.6 Å². The van der Waals surface area contributed by atoms with Crippen LogP contribution < -0.4 is 10.6 Å². The smallest absolute Gasteiger partial charge is 0.326 e. The van der Waals surface area contributed by atoms with Gasteiger partial charge in [0, 0.05) is 12.2 Å². The summed E-state index contributed by atoms with van der Waals surface area (Å²) < 4.78 is 76.4. The zero-order valence-electron chi connectivity index (χ0n) is 11.8. The second kappa shape index (κ2) is 6.38. The molecule has 0 saturated carbocycles. The lowest BCUT2D eigenvalue weighted by atomic mass is 9.98. The van der Waals surface area contributed by atoms with Crippen LogP contribution in [0.3, 0.4) is 0 Å². The van der Waals surface area contributed by atoms with Crippen molar-refractivity contribution >= 4 is 11.6 Å². The van der Waals surface area contributed by atoms with Crippen molar-refractivity contribution in [2.75, 3.05) is 18.4 Å². The van der Waals surface area contributed by atoms with Gasteiger partial charge in [0.25, 0.3) is 0 Å². The van der Waals surface area contributed by atoms with Crippen molar-refractivity contribution in [3.63, 3.8) is 0 Å². The lowest BCUT2D eigenvalue weighted by Gasteiger charge is -2.22. The highest BCUT2D eigenvalue weighted by Crippen LogP contribution is 2.37. The predicted molar refractivity (Wildman–Crippen MR) is 70.7 cm³/mol. The van der Waals surface area contributed by atoms with Gasteiger partial charge in [-0.15, -0.1) is 0 Å². The average Bonchev–Trinajstić information content (AvgIpc) is 2.46. The molecule has 23 heavy (non-hydrogen) atoms. The Kier molecular flexibility index (Phi) is 4.88. The van der Waals surface area contributed by atoms with Gasteiger partial charge in [-0.2, -0.15) is 26.3 Å². The third-order valence-electron chi connectivity index (χ3n) is 3.52. The van der Waals surface area contributed by atoms with E-state index in [0.717, 1.165) is 6.54 Å². The van der Waals surface area contributed by atoms with Crippen LogP contribution in [0.2, 0.25) is 0 Å². The summed E-state index contributed by atoms with van der Waals surface area (Å²) in [5.74, 6) is -1.07. The fourth-order valence-corrected chi connectivity index (χ4v) is 2.35. The van der Waals surface area contributed by atoms with E-state index in [1.54, 1.807) is 0 Å². The van der Waals surface area contributed by atoms with Crippen LogP contribution >= 0.6 is 0 Å². The summed E-state index contributed by atoms with van der Waals surface area (Å²) in [6.45, 7) is 1.07. The number of amides is 1. The molecule has 1 amide bonds. The van der Waals surface area contributed by atoms with E-state index in [0.29, 0.717) is 31.5 Å². The van der Waals surface area contributed by atoms with E-state index in [2.05, 4.69) is 10.6 Å². The molecule has 1 aromatic carbocycles. The number of carbonyl (C=O) groups is 1. The van der Waals surface area contributed by atoms with Crippen LogP contribution in [0.15, 0.2) is 18.2 Å². The summed E-state index contributed by atoms with van der Waals surface area (Å²) >= 11 is 0. The molecule has 1 aliphatic heterocycles. The molecule has 128 valence electrons. The molecule has 3 nitrogen and oxygen atoms in total. The van der Waals surface area contributed by atoms with E-state index in [4.69, 9.17) is 0 Å². The molecule has 0 bridgehead atoms. The van der Waals surface area contributed by atoms with Crippen molar-refractivity contribution in [2.45, 2.75) is 25.2 Å². The second-order valence-electron chi connectivity index (χ2n) is 5.33. The lowest BCUT2D eigenvalue weighted by molar-refractivity contribution is -0.143. The normalized spacial score (nSPS) is 19.5. The number of halogens is 6. The van der Waals surface area contributed by atoms with Crippen molar-refractivity contribution in [1.29, 1.82) is 0 Å². The van der Waals surface area contributed by atoms with Crippen LogP contribution in [0, 0.1) is 5.92 Å². The van der Waals surface area contributed by atoms with E-state index in [1.807, 2.05) is 0 Å². The highest BCUT2D eigenvalue weighted by Gasteiger charge is 2.37. The molecule has 1 unspecified atom stereocenters. The minimum atomic E-state index is -4.94. The highest BCUT2D eigenvalue weighted by molar-refractivity contribution is 5.93. The molecule has 0 aliphatic carbocycles. The molecule has 2 N–H and O–H groups in total. The Morgan fingerprint density at radius 2 is 1.61 bits per heavy atom. The topological polar surface area (TPSA) is 41.1 Å². The van der Waals surface area contributed by atoms with Crippen molar-refractivity contribution in [1.82, 2.24) is 5.32 Å². The zero-order valence-corrected chi connectivity index (χ0v) is 11.8. The van der Waals surface area contributed by atoms with Gasteiger partial charge in [0.2, 0.25) is 5.91 Å². The number of nitrogens with one attached hydrogen (secondary N) is 2. The lowest BCUT2D eigenvalue weighted by Crippen LogP contribution is -2.37. The third-order valence-corrected chi connectivity index (χ3v) is 3.52. The third kappa shape index (κ3) is 4.60. The van der Waals surface area contributed by atoms with Gasteiger partial charge in [0.15, 0.2) is 0 Å². The molecule has 0 spiro atoms. The van der Waals surface area contributed by atoms with Gasteiger partial charge >= 0.3 is 12.4 Å². The number of piperidine rings is 1. The molecule has 0 aromatic heterocycles. The maximum Gasteiger partial charge on any atom is 0.416 e. The summed E-state index contributed by atoms with van der Waals surface area (Å²) in [6, 6.07) is 1.03. The first kappa shape index (κ1) is 17.6. The quantitative estimate of drug-likeness (QED) is 0.807. The van der Waals surface area contributed by atoms with E-state index in [9.17, 15) is 31.1 Å². The van der Waals surface area contributed by atoms with Gasteiger partial charge < -0.3 is 10.6 Å². The maximum absolute atomic E-state index is 12.7. The molecular formula is C14H14F6N2O. The molecular weight excluding hydrogens is 326 g/mol. The second-order valence-corrected chi connectivity index (χ2v) is 5.33. The van der Waals surface area contributed by atoms with E-state index in [1.165, 1.54) is 0 Å². The monoisotopic (exact) mass is 340 g/mol. The molecule has 0 radical (unpaired) electrons. The van der Waals surface area contributed by atoms with Gasteiger partial charge in [0.1, 0.15) is 0 Å². The molecule has 2 rings (SSSR count). The molecule has 9 heteroatoms. The van der Waals surface area contributed by atoms with Crippen molar-refractivity contribution in [3.05, 3.63) is 29.3 Å². The SMILES string of the molecule is O=C(Nc1cc(C(F)(F)F)cc(C(F)(F)F)c1)C1CCCNC1. The minimum absolute atomic E-state index is 0.0256. The first-order valence-corrected chi connectivity index (χ1v) is 6.88. The number of hydrogen-bond acceptors (Lipinski definition) is 2. The summed E-state index contributed by atoms with van der Waals surface area (Å²) in [5, 5.41) is 5.11. The van der Waals surface area contributed by atoms with Crippen LogP contribution in [0.1, 0.15) is 24.0 Å². The van der Waals surface area contributed by atoms with E-state index < -0.39 is 41.0 Å². The van der Waals surface area contributed by atoms with Crippen molar-refractivity contribution in [2.24, 2.45) is 5.92 Å². The van der Waals surface area contributed by atoms with Crippen LogP contribution in [0.4, 0.5) is 32.0 Å². The van der Waals surface area contributed by atoms with Crippen LogP contribution in [-0.4, -0.2) is 19.0 Å². The summed E-state index contributed by atoms with van der Waals surface area (Å²) in [7, 11) is 0. The fourth-order valence-electron chi connectivity index (χ4n) is 2.35. The van der Waals surface area contributed by atoms with Gasteiger partial charge in [-0.3, -0.25) is 4.79 Å². The van der Waals surface area contributed by atoms with Gasteiger partial charge in [-0.25, -0.2) is 0 Å². The Labute approximate surface area is 128 Å². The van der Waals surface area contributed by atoms with Crippen LogP contribution in [-0.2, 0) is 17.1 Å². The van der Waals surface area contributed by atoms with Crippen molar-refractivity contribution in [3.8, 4) is 0 Å². The molecule has 1 aliphatic rings. The molecule has 1 fully saturated rings. The zero-order chi connectivity index (χ0) is 17.3. The molecule has 1 aromatic rings. The van der Waals surface area contributed by atoms with E-state index >= 15 is 0 Å². The number of carbonyl (C=O) groups excluding carboxylic acids is 1. The number of alkyl halides is 6. The van der Waals surface area contributed by atoms with Gasteiger partial charge in [0.05, 0.1) is 17.0 Å². The number of rotatable bonds is 2. The molecule has 1 atom stereocenters. The Hall–Kier alpha value is -1.77. The highest BCUT2D eigenvalue weighted by atomic mass is 19.4. The Morgan fingerprint density at radius 1 is 1.04 bits per heavy atom. The predicted octanol–water partition coefficient (Wildman–Crippen LogP) is 3.66. The average molecular weight is 340 g/mol. The van der Waals surface area contributed by atoms with Crippen molar-refractivity contribution < 1.29 is 31.1 Å². The van der Waals surface area contributed by atoms with E-state index in [-0.39, 0.29) is 6.07 Å². The molecule has 1 saturated heterocycles. The standard InChI is InChI=1S/C14H14F6N2O/c15-13(16,17)9-4-10(14(18,19)20)6-11(5-9)22-12(23)8-2-1-3-21-7-8/h4-6,8,21H,1-3,7H2,(H,22,23). The first-order valence-electron chi connectivity index (χ1n) is 6.88. The minimum Gasteiger partial charge on any atom is -0.326 e.